The fraction of sp³-hybridized carbons (Fsp3) is 0.125. The molecular formula is C16H14FN3OS. The van der Waals surface area contributed by atoms with Gasteiger partial charge < -0.3 is 10.2 Å². The topological polar surface area (TPSA) is 45.2 Å². The number of halogens is 1. The summed E-state index contributed by atoms with van der Waals surface area (Å²) in [6.45, 7) is 0.375. The molecule has 0 aliphatic carbocycles. The van der Waals surface area contributed by atoms with Crippen molar-refractivity contribution >= 4 is 33.3 Å². The van der Waals surface area contributed by atoms with Gasteiger partial charge in [-0.1, -0.05) is 24.3 Å². The Hall–Kier alpha value is -2.47. The van der Waals surface area contributed by atoms with Gasteiger partial charge in [-0.05, 0) is 24.3 Å². The number of urea groups is 1. The number of hydrogen-bond donors (Lipinski definition) is 1. The van der Waals surface area contributed by atoms with E-state index in [0.717, 1.165) is 15.2 Å². The molecule has 1 N–H and O–H groups in total. The van der Waals surface area contributed by atoms with Crippen LogP contribution in [-0.4, -0.2) is 23.0 Å². The summed E-state index contributed by atoms with van der Waals surface area (Å²) in [6.07, 6.45) is 0. The van der Waals surface area contributed by atoms with Crippen molar-refractivity contribution in [2.45, 2.75) is 6.54 Å². The van der Waals surface area contributed by atoms with Crippen molar-refractivity contribution in [2.24, 2.45) is 0 Å². The van der Waals surface area contributed by atoms with E-state index in [0.29, 0.717) is 6.54 Å². The van der Waals surface area contributed by atoms with Gasteiger partial charge in [0.25, 0.3) is 0 Å². The molecule has 1 heterocycles. The number of para-hydroxylation sites is 2. The molecule has 1 aromatic heterocycles. The van der Waals surface area contributed by atoms with Gasteiger partial charge in [0.2, 0.25) is 0 Å². The number of nitrogens with one attached hydrogen (secondary N) is 1. The van der Waals surface area contributed by atoms with E-state index in [-0.39, 0.29) is 11.7 Å². The van der Waals surface area contributed by atoms with E-state index in [2.05, 4.69) is 10.3 Å². The molecule has 22 heavy (non-hydrogen) atoms. The molecule has 0 atom stereocenters. The van der Waals surface area contributed by atoms with E-state index < -0.39 is 5.82 Å². The monoisotopic (exact) mass is 315 g/mol. The van der Waals surface area contributed by atoms with Crippen molar-refractivity contribution in [2.75, 3.05) is 12.4 Å². The molecule has 0 unspecified atom stereocenters. The van der Waals surface area contributed by atoms with Crippen molar-refractivity contribution in [3.8, 4) is 0 Å². The number of amides is 2. The number of thiazole rings is 1. The minimum Gasteiger partial charge on any atom is -0.321 e. The van der Waals surface area contributed by atoms with E-state index >= 15 is 0 Å². The van der Waals surface area contributed by atoms with Crippen LogP contribution >= 0.6 is 11.3 Å². The number of carbonyl (C=O) groups excluding carboxylic acids is 1. The third-order valence-electron chi connectivity index (χ3n) is 3.17. The summed E-state index contributed by atoms with van der Waals surface area (Å²) in [5.74, 6) is -0.454. The fourth-order valence-corrected chi connectivity index (χ4v) is 3.06. The lowest BCUT2D eigenvalue weighted by atomic mass is 10.3. The van der Waals surface area contributed by atoms with Crippen LogP contribution in [0.2, 0.25) is 0 Å². The van der Waals surface area contributed by atoms with Gasteiger partial charge in [-0.3, -0.25) is 0 Å². The van der Waals surface area contributed by atoms with Gasteiger partial charge in [-0.25, -0.2) is 14.2 Å². The molecule has 0 fully saturated rings. The van der Waals surface area contributed by atoms with Crippen LogP contribution in [0.5, 0.6) is 0 Å². The van der Waals surface area contributed by atoms with E-state index in [9.17, 15) is 9.18 Å². The molecule has 2 aromatic carbocycles. The first-order valence-corrected chi connectivity index (χ1v) is 7.56. The second kappa shape index (κ2) is 6.11. The van der Waals surface area contributed by atoms with E-state index in [4.69, 9.17) is 0 Å². The number of benzene rings is 2. The lowest BCUT2D eigenvalue weighted by Gasteiger charge is -2.16. The Labute approximate surface area is 131 Å². The quantitative estimate of drug-likeness (QED) is 0.791. The highest BCUT2D eigenvalue weighted by atomic mass is 32.1. The normalized spacial score (nSPS) is 10.6. The van der Waals surface area contributed by atoms with E-state index in [1.54, 1.807) is 30.5 Å². The SMILES string of the molecule is CN(Cc1nc2ccccc2s1)C(=O)Nc1ccccc1F. The Bertz CT molecular complexity index is 785. The second-order valence-corrected chi connectivity index (χ2v) is 5.96. The molecule has 6 heteroatoms. The molecule has 0 saturated heterocycles. The molecule has 0 aliphatic heterocycles. The standard InChI is InChI=1S/C16H14FN3OS/c1-20(16(21)19-12-7-3-2-6-11(12)17)10-15-18-13-8-4-5-9-14(13)22-15/h2-9H,10H2,1H3,(H,19,21). The molecule has 4 nitrogen and oxygen atoms in total. The summed E-state index contributed by atoms with van der Waals surface area (Å²) in [4.78, 5) is 18.1. The van der Waals surface area contributed by atoms with Crippen molar-refractivity contribution in [3.05, 3.63) is 59.4 Å². The number of fused-ring (bicyclic) bond motifs is 1. The summed E-state index contributed by atoms with van der Waals surface area (Å²) in [6, 6.07) is 13.5. The molecule has 0 bridgehead atoms. The highest BCUT2D eigenvalue weighted by molar-refractivity contribution is 7.18. The van der Waals surface area contributed by atoms with Gasteiger partial charge in [0.05, 0.1) is 22.4 Å². The number of carbonyl (C=O) groups is 1. The molecule has 0 radical (unpaired) electrons. The highest BCUT2D eigenvalue weighted by Gasteiger charge is 2.13. The van der Waals surface area contributed by atoms with Gasteiger partial charge in [0, 0.05) is 7.05 Å². The summed E-state index contributed by atoms with van der Waals surface area (Å²) in [5, 5.41) is 3.39. The Morgan fingerprint density at radius 3 is 2.73 bits per heavy atom. The zero-order chi connectivity index (χ0) is 15.5. The minimum atomic E-state index is -0.454. The van der Waals surface area contributed by atoms with Crippen LogP contribution in [0.25, 0.3) is 10.2 Å². The Morgan fingerprint density at radius 1 is 1.23 bits per heavy atom. The van der Waals surface area contributed by atoms with Crippen molar-refractivity contribution < 1.29 is 9.18 Å². The Balaban J connectivity index is 1.69. The van der Waals surface area contributed by atoms with Crippen LogP contribution in [0.4, 0.5) is 14.9 Å². The van der Waals surface area contributed by atoms with Crippen LogP contribution in [0.15, 0.2) is 48.5 Å². The first kappa shape index (κ1) is 14.5. The molecule has 112 valence electrons. The third kappa shape index (κ3) is 3.07. The van der Waals surface area contributed by atoms with Crippen LogP contribution in [0.3, 0.4) is 0 Å². The van der Waals surface area contributed by atoms with Gasteiger partial charge in [0.1, 0.15) is 10.8 Å². The van der Waals surface area contributed by atoms with Crippen LogP contribution in [0.1, 0.15) is 5.01 Å². The van der Waals surface area contributed by atoms with Crippen LogP contribution in [0, 0.1) is 5.82 Å². The smallest absolute Gasteiger partial charge is 0.321 e. The van der Waals surface area contributed by atoms with E-state index in [1.807, 2.05) is 24.3 Å². The molecule has 3 rings (SSSR count). The predicted molar refractivity (Wildman–Crippen MR) is 86.5 cm³/mol. The Morgan fingerprint density at radius 2 is 1.95 bits per heavy atom. The maximum Gasteiger partial charge on any atom is 0.322 e. The minimum absolute atomic E-state index is 0.170. The number of rotatable bonds is 3. The Kier molecular flexibility index (Phi) is 4.02. The van der Waals surface area contributed by atoms with Crippen LogP contribution < -0.4 is 5.32 Å². The van der Waals surface area contributed by atoms with Gasteiger partial charge in [-0.15, -0.1) is 11.3 Å². The lowest BCUT2D eigenvalue weighted by molar-refractivity contribution is 0.220. The van der Waals surface area contributed by atoms with Crippen molar-refractivity contribution in [1.29, 1.82) is 0 Å². The van der Waals surface area contributed by atoms with Crippen molar-refractivity contribution in [1.82, 2.24) is 9.88 Å². The summed E-state index contributed by atoms with van der Waals surface area (Å²) in [7, 11) is 1.66. The molecule has 0 saturated carbocycles. The summed E-state index contributed by atoms with van der Waals surface area (Å²) < 4.78 is 14.6. The fourth-order valence-electron chi connectivity index (χ4n) is 2.04. The van der Waals surface area contributed by atoms with Gasteiger partial charge in [-0.2, -0.15) is 0 Å². The first-order chi connectivity index (χ1) is 10.6. The average Bonchev–Trinajstić information content (AvgIpc) is 2.91. The third-order valence-corrected chi connectivity index (χ3v) is 4.19. The second-order valence-electron chi connectivity index (χ2n) is 4.84. The first-order valence-electron chi connectivity index (χ1n) is 6.74. The summed E-state index contributed by atoms with van der Waals surface area (Å²) in [5.41, 5.74) is 1.09. The number of nitrogens with zero attached hydrogens (tertiary/aromatic N) is 2. The average molecular weight is 315 g/mol. The number of aromatic nitrogens is 1. The molecule has 2 amide bonds. The maximum atomic E-state index is 13.5. The maximum absolute atomic E-state index is 13.5. The van der Waals surface area contributed by atoms with Gasteiger partial charge >= 0.3 is 6.03 Å². The van der Waals surface area contributed by atoms with Crippen LogP contribution in [-0.2, 0) is 6.54 Å². The van der Waals surface area contributed by atoms with Crippen molar-refractivity contribution in [3.63, 3.8) is 0 Å². The number of hydrogen-bond acceptors (Lipinski definition) is 3. The molecule has 3 aromatic rings. The zero-order valence-corrected chi connectivity index (χ0v) is 12.7. The largest absolute Gasteiger partial charge is 0.322 e. The highest BCUT2D eigenvalue weighted by Crippen LogP contribution is 2.22. The molecule has 0 aliphatic rings. The zero-order valence-electron chi connectivity index (χ0n) is 11.9. The lowest BCUT2D eigenvalue weighted by Crippen LogP contribution is -2.31. The van der Waals surface area contributed by atoms with E-state index in [1.165, 1.54) is 17.0 Å². The predicted octanol–water partition coefficient (Wildman–Crippen LogP) is 4.10. The molecule has 0 spiro atoms. The molecular weight excluding hydrogens is 301 g/mol. The number of anilines is 1. The summed E-state index contributed by atoms with van der Waals surface area (Å²) >= 11 is 1.55. The van der Waals surface area contributed by atoms with Gasteiger partial charge in [0.15, 0.2) is 0 Å².